The average Bonchev–Trinajstić information content (AvgIpc) is 3.40. The Hall–Kier alpha value is -4.18. The highest BCUT2D eigenvalue weighted by molar-refractivity contribution is 5.62. The van der Waals surface area contributed by atoms with Crippen LogP contribution in [0.5, 0.6) is 11.5 Å². The van der Waals surface area contributed by atoms with Crippen molar-refractivity contribution in [1.82, 2.24) is 4.98 Å². The van der Waals surface area contributed by atoms with Crippen LogP contribution in [-0.4, -0.2) is 12.1 Å². The zero-order valence-electron chi connectivity index (χ0n) is 16.5. The Balaban J connectivity index is 1.48. The van der Waals surface area contributed by atoms with Crippen LogP contribution in [0.2, 0.25) is 0 Å². The highest BCUT2D eigenvalue weighted by Crippen LogP contribution is 2.30. The SMILES string of the molecule is COc1ccc(Nc2oc(-c3ccc(COc4cccc(C)c4)o3)nc2C#N)cc1. The van der Waals surface area contributed by atoms with Gasteiger partial charge in [0.15, 0.2) is 5.76 Å². The molecule has 30 heavy (non-hydrogen) atoms. The molecule has 2 aromatic heterocycles. The van der Waals surface area contributed by atoms with Crippen molar-refractivity contribution in [2.45, 2.75) is 13.5 Å². The monoisotopic (exact) mass is 401 g/mol. The quantitative estimate of drug-likeness (QED) is 0.440. The van der Waals surface area contributed by atoms with E-state index in [2.05, 4.69) is 10.3 Å². The Morgan fingerprint density at radius 1 is 1.03 bits per heavy atom. The van der Waals surface area contributed by atoms with Gasteiger partial charge in [0.2, 0.25) is 11.6 Å². The molecule has 1 N–H and O–H groups in total. The van der Waals surface area contributed by atoms with Crippen LogP contribution in [-0.2, 0) is 6.61 Å². The van der Waals surface area contributed by atoms with E-state index in [4.69, 9.17) is 18.3 Å². The predicted molar refractivity (Wildman–Crippen MR) is 111 cm³/mol. The molecule has 7 nitrogen and oxygen atoms in total. The van der Waals surface area contributed by atoms with Crippen molar-refractivity contribution < 1.29 is 18.3 Å². The van der Waals surface area contributed by atoms with Crippen molar-refractivity contribution in [2.24, 2.45) is 0 Å². The van der Waals surface area contributed by atoms with Crippen LogP contribution >= 0.6 is 0 Å². The molecule has 0 aliphatic carbocycles. The molecule has 0 amide bonds. The molecule has 0 atom stereocenters. The van der Waals surface area contributed by atoms with Crippen molar-refractivity contribution in [3.05, 3.63) is 77.7 Å². The summed E-state index contributed by atoms with van der Waals surface area (Å²) in [7, 11) is 1.60. The molecule has 0 bridgehead atoms. The second kappa shape index (κ2) is 8.45. The van der Waals surface area contributed by atoms with E-state index in [9.17, 15) is 5.26 Å². The maximum atomic E-state index is 9.39. The fraction of sp³-hybridized carbons (Fsp3) is 0.130. The number of furan rings is 1. The number of hydrogen-bond acceptors (Lipinski definition) is 7. The first-order valence-corrected chi connectivity index (χ1v) is 9.25. The van der Waals surface area contributed by atoms with Crippen LogP contribution in [0, 0.1) is 18.3 Å². The van der Waals surface area contributed by atoms with Gasteiger partial charge in [0, 0.05) is 5.69 Å². The molecular weight excluding hydrogens is 382 g/mol. The predicted octanol–water partition coefficient (Wildman–Crippen LogP) is 5.45. The lowest BCUT2D eigenvalue weighted by molar-refractivity contribution is 0.271. The Bertz CT molecular complexity index is 1190. The van der Waals surface area contributed by atoms with Crippen LogP contribution in [0.1, 0.15) is 17.0 Å². The Morgan fingerprint density at radius 3 is 2.60 bits per heavy atom. The molecule has 0 radical (unpaired) electrons. The highest BCUT2D eigenvalue weighted by atomic mass is 16.5. The summed E-state index contributed by atoms with van der Waals surface area (Å²) in [6, 6.07) is 20.6. The third-order valence-corrected chi connectivity index (χ3v) is 4.32. The largest absolute Gasteiger partial charge is 0.497 e. The van der Waals surface area contributed by atoms with Gasteiger partial charge in [0.1, 0.15) is 29.9 Å². The van der Waals surface area contributed by atoms with Crippen molar-refractivity contribution in [1.29, 1.82) is 5.26 Å². The Morgan fingerprint density at radius 2 is 1.87 bits per heavy atom. The lowest BCUT2D eigenvalue weighted by Gasteiger charge is -2.04. The minimum absolute atomic E-state index is 0.134. The van der Waals surface area contributed by atoms with Crippen molar-refractivity contribution in [3.8, 4) is 29.2 Å². The first kappa shape index (κ1) is 19.2. The minimum Gasteiger partial charge on any atom is -0.497 e. The summed E-state index contributed by atoms with van der Waals surface area (Å²) in [5.41, 5.74) is 1.99. The van der Waals surface area contributed by atoms with E-state index in [0.717, 1.165) is 22.7 Å². The summed E-state index contributed by atoms with van der Waals surface area (Å²) in [4.78, 5) is 4.22. The fourth-order valence-corrected chi connectivity index (χ4v) is 2.82. The zero-order valence-corrected chi connectivity index (χ0v) is 16.5. The number of aryl methyl sites for hydroxylation is 1. The van der Waals surface area contributed by atoms with Crippen LogP contribution < -0.4 is 14.8 Å². The van der Waals surface area contributed by atoms with Gasteiger partial charge in [-0.3, -0.25) is 0 Å². The third kappa shape index (κ3) is 4.28. The number of benzene rings is 2. The number of nitrogens with one attached hydrogen (secondary N) is 1. The molecular formula is C23H19N3O4. The second-order valence-electron chi connectivity index (χ2n) is 6.53. The zero-order chi connectivity index (χ0) is 20.9. The summed E-state index contributed by atoms with van der Waals surface area (Å²) >= 11 is 0. The fourth-order valence-electron chi connectivity index (χ4n) is 2.82. The van der Waals surface area contributed by atoms with E-state index >= 15 is 0 Å². The van der Waals surface area contributed by atoms with E-state index in [1.54, 1.807) is 31.4 Å². The van der Waals surface area contributed by atoms with Gasteiger partial charge >= 0.3 is 0 Å². The van der Waals surface area contributed by atoms with Gasteiger partial charge < -0.3 is 23.6 Å². The molecule has 7 heteroatoms. The van der Waals surface area contributed by atoms with Gasteiger partial charge in [-0.2, -0.15) is 10.2 Å². The van der Waals surface area contributed by atoms with E-state index in [1.807, 2.05) is 49.4 Å². The van der Waals surface area contributed by atoms with Crippen LogP contribution in [0.4, 0.5) is 11.6 Å². The maximum absolute atomic E-state index is 9.39. The highest BCUT2D eigenvalue weighted by Gasteiger charge is 2.18. The van der Waals surface area contributed by atoms with Gasteiger partial charge in [-0.05, 0) is 61.0 Å². The first-order valence-electron chi connectivity index (χ1n) is 9.25. The van der Waals surface area contributed by atoms with E-state index in [-0.39, 0.29) is 24.1 Å². The standard InChI is InChI=1S/C23H19N3O4/c1-15-4-3-5-18(12-15)28-14-19-10-11-21(29-19)23-26-20(13-24)22(30-23)25-16-6-8-17(27-2)9-7-16/h3-12,25H,14H2,1-2H3. The number of anilines is 2. The molecule has 0 saturated carbocycles. The van der Waals surface area contributed by atoms with Crippen LogP contribution in [0.25, 0.3) is 11.7 Å². The van der Waals surface area contributed by atoms with Gasteiger partial charge in [-0.25, -0.2) is 0 Å². The first-order chi connectivity index (χ1) is 14.6. The summed E-state index contributed by atoms with van der Waals surface area (Å²) in [5.74, 6) is 2.98. The summed E-state index contributed by atoms with van der Waals surface area (Å²) < 4.78 is 22.4. The molecule has 4 rings (SSSR count). The minimum atomic E-state index is 0.134. The smallest absolute Gasteiger partial charge is 0.266 e. The second-order valence-corrected chi connectivity index (χ2v) is 6.53. The van der Waals surface area contributed by atoms with Gasteiger partial charge in [0.25, 0.3) is 5.89 Å². The average molecular weight is 401 g/mol. The topological polar surface area (TPSA) is 93.4 Å². The molecule has 0 fully saturated rings. The van der Waals surface area contributed by atoms with Gasteiger partial charge in [-0.15, -0.1) is 0 Å². The number of rotatable bonds is 7. The van der Waals surface area contributed by atoms with E-state index < -0.39 is 0 Å². The van der Waals surface area contributed by atoms with Crippen LogP contribution in [0.3, 0.4) is 0 Å². The van der Waals surface area contributed by atoms with E-state index in [1.165, 1.54) is 0 Å². The number of hydrogen-bond donors (Lipinski definition) is 1. The summed E-state index contributed by atoms with van der Waals surface area (Å²) in [6.45, 7) is 2.27. The van der Waals surface area contributed by atoms with E-state index in [0.29, 0.717) is 11.5 Å². The summed E-state index contributed by atoms with van der Waals surface area (Å²) in [5, 5.41) is 12.4. The lowest BCUT2D eigenvalue weighted by Crippen LogP contribution is -1.93. The Kier molecular flexibility index (Phi) is 5.39. The number of nitrogens with zero attached hydrogens (tertiary/aromatic N) is 2. The molecule has 2 aromatic carbocycles. The molecule has 4 aromatic rings. The molecule has 0 unspecified atom stereocenters. The number of methoxy groups -OCH3 is 1. The van der Waals surface area contributed by atoms with Gasteiger partial charge in [0.05, 0.1) is 7.11 Å². The third-order valence-electron chi connectivity index (χ3n) is 4.32. The number of ether oxygens (including phenoxy) is 2. The lowest BCUT2D eigenvalue weighted by atomic mass is 10.2. The van der Waals surface area contributed by atoms with Crippen molar-refractivity contribution >= 4 is 11.6 Å². The summed E-state index contributed by atoms with van der Waals surface area (Å²) in [6.07, 6.45) is 0. The molecule has 0 spiro atoms. The molecule has 0 saturated heterocycles. The van der Waals surface area contributed by atoms with Crippen molar-refractivity contribution in [2.75, 3.05) is 12.4 Å². The molecule has 0 aliphatic rings. The molecule has 150 valence electrons. The Labute approximate surface area is 173 Å². The normalized spacial score (nSPS) is 10.4. The molecule has 0 aliphatic heterocycles. The maximum Gasteiger partial charge on any atom is 0.266 e. The number of oxazole rings is 1. The van der Waals surface area contributed by atoms with Gasteiger partial charge in [-0.1, -0.05) is 12.1 Å². The number of aromatic nitrogens is 1. The number of nitriles is 1. The van der Waals surface area contributed by atoms with Crippen LogP contribution in [0.15, 0.2) is 69.5 Å². The molecule has 2 heterocycles. The van der Waals surface area contributed by atoms with Crippen molar-refractivity contribution in [3.63, 3.8) is 0 Å².